The number of rotatable bonds is 3. The van der Waals surface area contributed by atoms with Crippen LogP contribution in [0.3, 0.4) is 0 Å². The minimum atomic E-state index is -0.276. The van der Waals surface area contributed by atoms with E-state index in [2.05, 4.69) is 21.2 Å². The Kier molecular flexibility index (Phi) is 4.75. The Bertz CT molecular complexity index is 704. The summed E-state index contributed by atoms with van der Waals surface area (Å²) in [6.07, 6.45) is 0. The smallest absolute Gasteiger partial charge is 0.255 e. The standard InChI is InChI=1S/C15H14BrClN2O2/c1-8-5-10(16)7-13(21-2)14(8)19-15(20)9-3-4-11(17)12(18)6-9/h3-7H,18H2,1-2H3,(H,19,20). The minimum absolute atomic E-state index is 0.276. The fourth-order valence-corrected chi connectivity index (χ4v) is 2.57. The number of hydrogen-bond acceptors (Lipinski definition) is 3. The molecule has 2 aromatic carbocycles. The normalized spacial score (nSPS) is 10.3. The largest absolute Gasteiger partial charge is 0.495 e. The monoisotopic (exact) mass is 368 g/mol. The number of aryl methyl sites for hydroxylation is 1. The van der Waals surface area contributed by atoms with Crippen molar-refractivity contribution < 1.29 is 9.53 Å². The number of amides is 1. The first-order valence-electron chi connectivity index (χ1n) is 6.13. The molecule has 0 radical (unpaired) electrons. The summed E-state index contributed by atoms with van der Waals surface area (Å²) in [6, 6.07) is 8.44. The Hall–Kier alpha value is -1.72. The van der Waals surface area contributed by atoms with Crippen LogP contribution < -0.4 is 15.8 Å². The average Bonchev–Trinajstić information content (AvgIpc) is 2.44. The molecule has 6 heteroatoms. The van der Waals surface area contributed by atoms with E-state index in [0.717, 1.165) is 10.0 Å². The molecule has 0 unspecified atom stereocenters. The summed E-state index contributed by atoms with van der Waals surface area (Å²) in [5, 5.41) is 3.26. The molecule has 21 heavy (non-hydrogen) atoms. The number of nitrogen functional groups attached to an aromatic ring is 1. The summed E-state index contributed by atoms with van der Waals surface area (Å²) < 4.78 is 6.18. The van der Waals surface area contributed by atoms with Gasteiger partial charge in [-0.25, -0.2) is 0 Å². The summed E-state index contributed by atoms with van der Waals surface area (Å²) in [4.78, 5) is 12.3. The molecule has 0 spiro atoms. The molecule has 0 heterocycles. The van der Waals surface area contributed by atoms with Crippen LogP contribution in [0.15, 0.2) is 34.8 Å². The second-order valence-electron chi connectivity index (χ2n) is 4.49. The highest BCUT2D eigenvalue weighted by Gasteiger charge is 2.14. The molecule has 0 aliphatic carbocycles. The molecule has 0 fully saturated rings. The topological polar surface area (TPSA) is 64.3 Å². The van der Waals surface area contributed by atoms with Gasteiger partial charge in [-0.05, 0) is 42.8 Å². The van der Waals surface area contributed by atoms with E-state index in [-0.39, 0.29) is 5.91 Å². The van der Waals surface area contributed by atoms with Gasteiger partial charge in [0.2, 0.25) is 0 Å². The zero-order valence-electron chi connectivity index (χ0n) is 11.5. The molecule has 0 aromatic heterocycles. The quantitative estimate of drug-likeness (QED) is 0.795. The van der Waals surface area contributed by atoms with Crippen LogP contribution >= 0.6 is 27.5 Å². The second-order valence-corrected chi connectivity index (χ2v) is 5.81. The highest BCUT2D eigenvalue weighted by atomic mass is 79.9. The van der Waals surface area contributed by atoms with Gasteiger partial charge in [-0.1, -0.05) is 27.5 Å². The molecular formula is C15H14BrClN2O2. The number of nitrogens with two attached hydrogens (primary N) is 1. The summed E-state index contributed by atoms with van der Waals surface area (Å²) in [6.45, 7) is 1.89. The van der Waals surface area contributed by atoms with Crippen molar-refractivity contribution in [2.24, 2.45) is 0 Å². The van der Waals surface area contributed by atoms with Crippen LogP contribution in [0, 0.1) is 6.92 Å². The lowest BCUT2D eigenvalue weighted by atomic mass is 10.1. The molecule has 110 valence electrons. The number of carbonyl (C=O) groups excluding carboxylic acids is 1. The average molecular weight is 370 g/mol. The van der Waals surface area contributed by atoms with Gasteiger partial charge in [0.25, 0.3) is 5.91 Å². The lowest BCUT2D eigenvalue weighted by Crippen LogP contribution is -2.14. The SMILES string of the molecule is COc1cc(Br)cc(C)c1NC(=O)c1ccc(Cl)c(N)c1. The third kappa shape index (κ3) is 3.49. The van der Waals surface area contributed by atoms with Crippen molar-refractivity contribution >= 4 is 44.8 Å². The highest BCUT2D eigenvalue weighted by molar-refractivity contribution is 9.10. The molecule has 4 nitrogen and oxygen atoms in total. The molecule has 0 atom stereocenters. The maximum atomic E-state index is 12.3. The molecule has 0 saturated carbocycles. The van der Waals surface area contributed by atoms with E-state index in [9.17, 15) is 4.79 Å². The lowest BCUT2D eigenvalue weighted by Gasteiger charge is -2.14. The van der Waals surface area contributed by atoms with Gasteiger partial charge in [0.15, 0.2) is 0 Å². The van der Waals surface area contributed by atoms with Crippen molar-refractivity contribution in [1.29, 1.82) is 0 Å². The van der Waals surface area contributed by atoms with Gasteiger partial charge in [-0.3, -0.25) is 4.79 Å². The van der Waals surface area contributed by atoms with E-state index >= 15 is 0 Å². The number of nitrogens with one attached hydrogen (secondary N) is 1. The zero-order chi connectivity index (χ0) is 15.6. The van der Waals surface area contributed by atoms with Crippen molar-refractivity contribution in [1.82, 2.24) is 0 Å². The Morgan fingerprint density at radius 2 is 2.05 bits per heavy atom. The number of anilines is 2. The molecule has 2 rings (SSSR count). The zero-order valence-corrected chi connectivity index (χ0v) is 13.9. The second kappa shape index (κ2) is 6.37. The van der Waals surface area contributed by atoms with E-state index in [0.29, 0.717) is 27.7 Å². The number of hydrogen-bond donors (Lipinski definition) is 2. The Labute approximate surface area is 136 Å². The van der Waals surface area contributed by atoms with Crippen LogP contribution in [0.5, 0.6) is 5.75 Å². The van der Waals surface area contributed by atoms with Gasteiger partial charge < -0.3 is 15.8 Å². The fourth-order valence-electron chi connectivity index (χ4n) is 1.90. The summed E-state index contributed by atoms with van der Waals surface area (Å²) in [7, 11) is 1.55. The molecular weight excluding hydrogens is 356 g/mol. The molecule has 0 saturated heterocycles. The lowest BCUT2D eigenvalue weighted by molar-refractivity contribution is 0.102. The van der Waals surface area contributed by atoms with Crippen LogP contribution in [-0.4, -0.2) is 13.0 Å². The van der Waals surface area contributed by atoms with E-state index in [1.807, 2.05) is 13.0 Å². The van der Waals surface area contributed by atoms with Gasteiger partial charge in [-0.15, -0.1) is 0 Å². The van der Waals surface area contributed by atoms with E-state index < -0.39 is 0 Å². The number of halogens is 2. The molecule has 0 aliphatic heterocycles. The first-order valence-corrected chi connectivity index (χ1v) is 7.30. The summed E-state index contributed by atoms with van der Waals surface area (Å²) >= 11 is 9.25. The Morgan fingerprint density at radius 3 is 2.67 bits per heavy atom. The first kappa shape index (κ1) is 15.7. The fraction of sp³-hybridized carbons (Fsp3) is 0.133. The first-order chi connectivity index (χ1) is 9.92. The molecule has 1 amide bonds. The van der Waals surface area contributed by atoms with Crippen molar-refractivity contribution in [3.63, 3.8) is 0 Å². The number of benzene rings is 2. The maximum absolute atomic E-state index is 12.3. The van der Waals surface area contributed by atoms with E-state index in [1.165, 1.54) is 0 Å². The van der Waals surface area contributed by atoms with Crippen molar-refractivity contribution in [2.45, 2.75) is 6.92 Å². The van der Waals surface area contributed by atoms with Gasteiger partial charge in [0, 0.05) is 10.0 Å². The molecule has 3 N–H and O–H groups in total. The highest BCUT2D eigenvalue weighted by Crippen LogP contribution is 2.32. The summed E-state index contributed by atoms with van der Waals surface area (Å²) in [5.74, 6) is 0.305. The van der Waals surface area contributed by atoms with Crippen molar-refractivity contribution in [2.75, 3.05) is 18.2 Å². The van der Waals surface area contributed by atoms with Crippen LogP contribution in [-0.2, 0) is 0 Å². The third-order valence-electron chi connectivity index (χ3n) is 2.98. The minimum Gasteiger partial charge on any atom is -0.495 e. The van der Waals surface area contributed by atoms with Crippen molar-refractivity contribution in [3.05, 3.63) is 51.0 Å². The predicted octanol–water partition coefficient (Wildman–Crippen LogP) is 4.25. The van der Waals surface area contributed by atoms with E-state index in [1.54, 1.807) is 31.4 Å². The number of ether oxygens (including phenoxy) is 1. The van der Waals surface area contributed by atoms with Gasteiger partial charge in [0.05, 0.1) is 23.5 Å². The predicted molar refractivity (Wildman–Crippen MR) is 89.2 cm³/mol. The van der Waals surface area contributed by atoms with Crippen molar-refractivity contribution in [3.8, 4) is 5.75 Å². The third-order valence-corrected chi connectivity index (χ3v) is 3.78. The maximum Gasteiger partial charge on any atom is 0.255 e. The molecule has 0 bridgehead atoms. The van der Waals surface area contributed by atoms with Crippen LogP contribution in [0.25, 0.3) is 0 Å². The van der Waals surface area contributed by atoms with Gasteiger partial charge >= 0.3 is 0 Å². The van der Waals surface area contributed by atoms with Gasteiger partial charge in [-0.2, -0.15) is 0 Å². The molecule has 0 aliphatic rings. The molecule has 2 aromatic rings. The Balaban J connectivity index is 2.33. The summed E-state index contributed by atoms with van der Waals surface area (Å²) in [5.41, 5.74) is 8.02. The van der Waals surface area contributed by atoms with Crippen LogP contribution in [0.1, 0.15) is 15.9 Å². The van der Waals surface area contributed by atoms with Gasteiger partial charge in [0.1, 0.15) is 5.75 Å². The van der Waals surface area contributed by atoms with Crippen LogP contribution in [0.2, 0.25) is 5.02 Å². The van der Waals surface area contributed by atoms with Crippen LogP contribution in [0.4, 0.5) is 11.4 Å². The number of carbonyl (C=O) groups is 1. The Morgan fingerprint density at radius 1 is 1.33 bits per heavy atom. The van der Waals surface area contributed by atoms with E-state index in [4.69, 9.17) is 22.1 Å². The number of methoxy groups -OCH3 is 1.